The molecule has 1 amide bonds. The fraction of sp³-hybridized carbons (Fsp3) is 0.273. The summed E-state index contributed by atoms with van der Waals surface area (Å²) in [6.07, 6.45) is 1.30. The van der Waals surface area contributed by atoms with Crippen molar-refractivity contribution in [3.05, 3.63) is 22.3 Å². The van der Waals surface area contributed by atoms with Crippen molar-refractivity contribution in [2.45, 2.75) is 6.42 Å². The zero-order valence-corrected chi connectivity index (χ0v) is 11.1. The molecular formula is C11H9BrN2O4. The number of anilines is 1. The van der Waals surface area contributed by atoms with Crippen molar-refractivity contribution in [2.24, 2.45) is 0 Å². The SMILES string of the molecule is COC(=O)c1cc(Br)cnc1N1CC(=O)CC1=O. The van der Waals surface area contributed by atoms with Gasteiger partial charge >= 0.3 is 5.97 Å². The van der Waals surface area contributed by atoms with Gasteiger partial charge in [0.15, 0.2) is 5.78 Å². The Labute approximate surface area is 111 Å². The van der Waals surface area contributed by atoms with Crippen LogP contribution < -0.4 is 4.90 Å². The minimum atomic E-state index is -0.606. The lowest BCUT2D eigenvalue weighted by Crippen LogP contribution is -2.27. The first-order valence-corrected chi connectivity index (χ1v) is 5.88. The molecular weight excluding hydrogens is 304 g/mol. The third-order valence-electron chi connectivity index (χ3n) is 2.48. The van der Waals surface area contributed by atoms with Gasteiger partial charge in [0.25, 0.3) is 0 Å². The van der Waals surface area contributed by atoms with Gasteiger partial charge in [0.2, 0.25) is 5.91 Å². The first kappa shape index (κ1) is 12.7. The van der Waals surface area contributed by atoms with Crippen molar-refractivity contribution < 1.29 is 19.1 Å². The fourth-order valence-electron chi connectivity index (χ4n) is 1.68. The molecule has 1 aromatic rings. The molecule has 2 heterocycles. The Morgan fingerprint density at radius 2 is 2.22 bits per heavy atom. The molecule has 2 rings (SSSR count). The molecule has 0 atom stereocenters. The van der Waals surface area contributed by atoms with Gasteiger partial charge in [-0.15, -0.1) is 0 Å². The number of methoxy groups -OCH3 is 1. The second-order valence-corrected chi connectivity index (χ2v) is 4.63. The molecule has 1 aromatic heterocycles. The summed E-state index contributed by atoms with van der Waals surface area (Å²) in [6.45, 7) is -0.0581. The Balaban J connectivity index is 2.47. The molecule has 0 saturated carbocycles. The summed E-state index contributed by atoms with van der Waals surface area (Å²) in [6, 6.07) is 1.50. The number of carbonyl (C=O) groups excluding carboxylic acids is 3. The number of aromatic nitrogens is 1. The third kappa shape index (κ3) is 2.26. The van der Waals surface area contributed by atoms with Crippen LogP contribution in [-0.4, -0.2) is 36.3 Å². The van der Waals surface area contributed by atoms with Gasteiger partial charge in [-0.3, -0.25) is 14.5 Å². The molecule has 1 saturated heterocycles. The highest BCUT2D eigenvalue weighted by molar-refractivity contribution is 9.10. The van der Waals surface area contributed by atoms with Gasteiger partial charge in [-0.25, -0.2) is 9.78 Å². The molecule has 7 heteroatoms. The maximum absolute atomic E-state index is 11.6. The summed E-state index contributed by atoms with van der Waals surface area (Å²) in [5.41, 5.74) is 0.148. The summed E-state index contributed by atoms with van der Waals surface area (Å²) >= 11 is 3.19. The number of esters is 1. The summed E-state index contributed by atoms with van der Waals surface area (Å²) < 4.78 is 5.22. The second kappa shape index (κ2) is 4.85. The predicted molar refractivity (Wildman–Crippen MR) is 65.3 cm³/mol. The van der Waals surface area contributed by atoms with Crippen molar-refractivity contribution in [1.82, 2.24) is 4.98 Å². The van der Waals surface area contributed by atoms with Crippen LogP contribution in [0.1, 0.15) is 16.8 Å². The molecule has 0 bridgehead atoms. The third-order valence-corrected chi connectivity index (χ3v) is 2.91. The van der Waals surface area contributed by atoms with Crippen LogP contribution in [-0.2, 0) is 14.3 Å². The molecule has 0 aliphatic carbocycles. The van der Waals surface area contributed by atoms with Crippen LogP contribution in [0.2, 0.25) is 0 Å². The lowest BCUT2D eigenvalue weighted by molar-refractivity contribution is -0.121. The van der Waals surface area contributed by atoms with E-state index < -0.39 is 5.97 Å². The minimum absolute atomic E-state index is 0.0581. The van der Waals surface area contributed by atoms with Crippen LogP contribution in [0.3, 0.4) is 0 Å². The predicted octanol–water partition coefficient (Wildman–Crippen LogP) is 0.936. The van der Waals surface area contributed by atoms with E-state index in [1.807, 2.05) is 0 Å². The summed E-state index contributed by atoms with van der Waals surface area (Å²) in [5, 5.41) is 0. The summed E-state index contributed by atoms with van der Waals surface area (Å²) in [5.74, 6) is -1.01. The summed E-state index contributed by atoms with van der Waals surface area (Å²) in [7, 11) is 1.24. The molecule has 0 unspecified atom stereocenters. The van der Waals surface area contributed by atoms with E-state index in [9.17, 15) is 14.4 Å². The van der Waals surface area contributed by atoms with E-state index in [-0.39, 0.29) is 36.0 Å². The van der Waals surface area contributed by atoms with Crippen molar-refractivity contribution in [2.75, 3.05) is 18.6 Å². The number of pyridine rings is 1. The van der Waals surface area contributed by atoms with Gasteiger partial charge in [-0.2, -0.15) is 0 Å². The normalized spacial score (nSPS) is 15.1. The maximum Gasteiger partial charge on any atom is 0.341 e. The molecule has 0 spiro atoms. The van der Waals surface area contributed by atoms with Crippen LogP contribution in [0.5, 0.6) is 0 Å². The smallest absolute Gasteiger partial charge is 0.341 e. The van der Waals surface area contributed by atoms with Gasteiger partial charge in [0.1, 0.15) is 11.4 Å². The molecule has 18 heavy (non-hydrogen) atoms. The van der Waals surface area contributed by atoms with E-state index in [2.05, 4.69) is 25.7 Å². The van der Waals surface area contributed by atoms with Crippen molar-refractivity contribution >= 4 is 39.4 Å². The number of nitrogens with zero attached hydrogens (tertiary/aromatic N) is 2. The van der Waals surface area contributed by atoms with E-state index in [0.29, 0.717) is 4.47 Å². The molecule has 0 aromatic carbocycles. The van der Waals surface area contributed by atoms with E-state index in [4.69, 9.17) is 0 Å². The lowest BCUT2D eigenvalue weighted by Gasteiger charge is -2.16. The Hall–Kier alpha value is -1.76. The highest BCUT2D eigenvalue weighted by atomic mass is 79.9. The Kier molecular flexibility index (Phi) is 3.42. The largest absolute Gasteiger partial charge is 0.465 e. The maximum atomic E-state index is 11.6. The number of hydrogen-bond donors (Lipinski definition) is 0. The Morgan fingerprint density at radius 3 is 2.78 bits per heavy atom. The average Bonchev–Trinajstić information content (AvgIpc) is 2.67. The monoisotopic (exact) mass is 312 g/mol. The van der Waals surface area contributed by atoms with Crippen LogP contribution in [0.15, 0.2) is 16.7 Å². The van der Waals surface area contributed by atoms with Gasteiger partial charge in [-0.05, 0) is 22.0 Å². The zero-order chi connectivity index (χ0) is 13.3. The molecule has 1 aliphatic rings. The second-order valence-electron chi connectivity index (χ2n) is 3.71. The minimum Gasteiger partial charge on any atom is -0.465 e. The number of ketones is 1. The highest BCUT2D eigenvalue weighted by Gasteiger charge is 2.32. The quantitative estimate of drug-likeness (QED) is 0.600. The molecule has 6 nitrogen and oxygen atoms in total. The molecule has 94 valence electrons. The number of rotatable bonds is 2. The van der Waals surface area contributed by atoms with Crippen LogP contribution >= 0.6 is 15.9 Å². The van der Waals surface area contributed by atoms with Crippen molar-refractivity contribution in [3.8, 4) is 0 Å². The Morgan fingerprint density at radius 1 is 1.50 bits per heavy atom. The first-order valence-electron chi connectivity index (χ1n) is 5.09. The van der Waals surface area contributed by atoms with Gasteiger partial charge in [0, 0.05) is 10.7 Å². The summed E-state index contributed by atoms with van der Waals surface area (Å²) in [4.78, 5) is 39.7. The highest BCUT2D eigenvalue weighted by Crippen LogP contribution is 2.25. The number of Topliss-reactive ketones (excluding diaryl/α,β-unsaturated/α-hetero) is 1. The van der Waals surface area contributed by atoms with Crippen LogP contribution in [0.25, 0.3) is 0 Å². The number of ether oxygens (including phenoxy) is 1. The fourth-order valence-corrected chi connectivity index (χ4v) is 2.02. The molecule has 1 aliphatic heterocycles. The van der Waals surface area contributed by atoms with Gasteiger partial charge < -0.3 is 4.74 Å². The number of amides is 1. The van der Waals surface area contributed by atoms with Crippen LogP contribution in [0.4, 0.5) is 5.82 Å². The molecule has 1 fully saturated rings. The van der Waals surface area contributed by atoms with E-state index in [1.54, 1.807) is 0 Å². The zero-order valence-electron chi connectivity index (χ0n) is 9.47. The van der Waals surface area contributed by atoms with Crippen LogP contribution in [0, 0.1) is 0 Å². The van der Waals surface area contributed by atoms with E-state index >= 15 is 0 Å². The number of halogens is 1. The van der Waals surface area contributed by atoms with E-state index in [0.717, 1.165) is 0 Å². The standard InChI is InChI=1S/C11H9BrN2O4/c1-18-11(17)8-2-6(12)4-13-10(8)14-5-7(15)3-9(14)16/h2,4H,3,5H2,1H3. The van der Waals surface area contributed by atoms with Crippen molar-refractivity contribution in [1.29, 1.82) is 0 Å². The van der Waals surface area contributed by atoms with Crippen molar-refractivity contribution in [3.63, 3.8) is 0 Å². The topological polar surface area (TPSA) is 76.6 Å². The average molecular weight is 313 g/mol. The Bertz CT molecular complexity index is 544. The lowest BCUT2D eigenvalue weighted by atomic mass is 10.2. The number of hydrogen-bond acceptors (Lipinski definition) is 5. The number of carbonyl (C=O) groups is 3. The van der Waals surface area contributed by atoms with Gasteiger partial charge in [-0.1, -0.05) is 0 Å². The first-order chi connectivity index (χ1) is 8.52. The van der Waals surface area contributed by atoms with E-state index in [1.165, 1.54) is 24.3 Å². The van der Waals surface area contributed by atoms with Gasteiger partial charge in [0.05, 0.1) is 20.1 Å². The molecule has 0 radical (unpaired) electrons. The molecule has 0 N–H and O–H groups in total.